The van der Waals surface area contributed by atoms with Crippen LogP contribution in [0.5, 0.6) is 0 Å². The molecule has 0 radical (unpaired) electrons. The second-order valence-electron chi connectivity index (χ2n) is 1.54. The van der Waals surface area contributed by atoms with Gasteiger partial charge < -0.3 is 9.15 Å². The minimum Gasteiger partial charge on any atom is -0.462 e. The third kappa shape index (κ3) is 3.86. The standard InChI is InChI=1S/C5H4O2.C2H6O/c6-4-5-2-1-3-7-5;1-3-2/h1-4H;1-2H3. The van der Waals surface area contributed by atoms with E-state index in [0.29, 0.717) is 12.0 Å². The van der Waals surface area contributed by atoms with Crippen molar-refractivity contribution in [3.8, 4) is 0 Å². The van der Waals surface area contributed by atoms with E-state index in [9.17, 15) is 4.79 Å². The minimum absolute atomic E-state index is 0.375. The average Bonchev–Trinajstić information content (AvgIpc) is 2.39. The summed E-state index contributed by atoms with van der Waals surface area (Å²) in [5.74, 6) is 0.375. The van der Waals surface area contributed by atoms with Gasteiger partial charge in [0.05, 0.1) is 6.26 Å². The second kappa shape index (κ2) is 6.04. The van der Waals surface area contributed by atoms with Gasteiger partial charge in [-0.05, 0) is 12.1 Å². The summed E-state index contributed by atoms with van der Waals surface area (Å²) in [6.07, 6.45) is 2.13. The molecule has 0 atom stereocenters. The molecule has 3 heteroatoms. The summed E-state index contributed by atoms with van der Waals surface area (Å²) in [6.45, 7) is 0. The number of hydrogen-bond acceptors (Lipinski definition) is 3. The zero-order valence-electron chi connectivity index (χ0n) is 6.03. The van der Waals surface area contributed by atoms with E-state index in [-0.39, 0.29) is 0 Å². The number of aldehydes is 1. The van der Waals surface area contributed by atoms with Gasteiger partial charge in [-0.3, -0.25) is 4.79 Å². The Morgan fingerprint density at radius 3 is 2.40 bits per heavy atom. The molecular weight excluding hydrogens is 132 g/mol. The maximum Gasteiger partial charge on any atom is 0.185 e. The first-order valence-corrected chi connectivity index (χ1v) is 2.74. The summed E-state index contributed by atoms with van der Waals surface area (Å²) < 4.78 is 8.86. The van der Waals surface area contributed by atoms with Crippen molar-refractivity contribution in [2.45, 2.75) is 0 Å². The molecule has 0 unspecified atom stereocenters. The van der Waals surface area contributed by atoms with Crippen LogP contribution < -0.4 is 0 Å². The van der Waals surface area contributed by atoms with E-state index in [1.165, 1.54) is 6.26 Å². The van der Waals surface area contributed by atoms with Crippen molar-refractivity contribution >= 4 is 6.29 Å². The summed E-state index contributed by atoms with van der Waals surface area (Å²) >= 11 is 0. The van der Waals surface area contributed by atoms with E-state index in [0.717, 1.165) is 0 Å². The van der Waals surface area contributed by atoms with E-state index in [4.69, 9.17) is 0 Å². The topological polar surface area (TPSA) is 39.4 Å². The minimum atomic E-state index is 0.375. The van der Waals surface area contributed by atoms with Crippen LogP contribution >= 0.6 is 0 Å². The summed E-state index contributed by atoms with van der Waals surface area (Å²) in [5.41, 5.74) is 0. The van der Waals surface area contributed by atoms with Gasteiger partial charge in [0.15, 0.2) is 12.0 Å². The summed E-state index contributed by atoms with van der Waals surface area (Å²) in [6, 6.07) is 3.27. The first kappa shape index (κ1) is 8.91. The Morgan fingerprint density at radius 2 is 2.20 bits per heavy atom. The van der Waals surface area contributed by atoms with E-state index < -0.39 is 0 Å². The van der Waals surface area contributed by atoms with Crippen molar-refractivity contribution in [2.75, 3.05) is 14.2 Å². The highest BCUT2D eigenvalue weighted by atomic mass is 16.4. The number of ether oxygens (including phenoxy) is 1. The van der Waals surface area contributed by atoms with Crippen molar-refractivity contribution in [2.24, 2.45) is 0 Å². The van der Waals surface area contributed by atoms with E-state index in [2.05, 4.69) is 9.15 Å². The van der Waals surface area contributed by atoms with Gasteiger partial charge in [0, 0.05) is 14.2 Å². The lowest BCUT2D eigenvalue weighted by atomic mass is 10.5. The van der Waals surface area contributed by atoms with Gasteiger partial charge in [-0.15, -0.1) is 0 Å². The zero-order valence-corrected chi connectivity index (χ0v) is 6.03. The zero-order chi connectivity index (χ0) is 7.82. The second-order valence-corrected chi connectivity index (χ2v) is 1.54. The first-order chi connectivity index (χ1) is 4.85. The average molecular weight is 142 g/mol. The summed E-state index contributed by atoms with van der Waals surface area (Å²) in [7, 11) is 3.25. The molecule has 0 N–H and O–H groups in total. The van der Waals surface area contributed by atoms with Crippen LogP contribution in [0.4, 0.5) is 0 Å². The van der Waals surface area contributed by atoms with E-state index >= 15 is 0 Å². The Morgan fingerprint density at radius 1 is 1.60 bits per heavy atom. The Hall–Kier alpha value is -1.09. The summed E-state index contributed by atoms with van der Waals surface area (Å²) in [5, 5.41) is 0. The van der Waals surface area contributed by atoms with Crippen LogP contribution in [-0.4, -0.2) is 20.5 Å². The number of carbonyl (C=O) groups is 1. The fourth-order valence-electron chi connectivity index (χ4n) is 0.358. The molecule has 56 valence electrons. The van der Waals surface area contributed by atoms with Gasteiger partial charge >= 0.3 is 0 Å². The molecule has 10 heavy (non-hydrogen) atoms. The monoisotopic (exact) mass is 142 g/mol. The molecule has 3 nitrogen and oxygen atoms in total. The van der Waals surface area contributed by atoms with Crippen LogP contribution in [-0.2, 0) is 4.74 Å². The Kier molecular flexibility index (Phi) is 5.38. The third-order valence-electron chi connectivity index (χ3n) is 0.659. The Balaban J connectivity index is 0.000000236. The van der Waals surface area contributed by atoms with Crippen LogP contribution in [0.1, 0.15) is 10.6 Å². The van der Waals surface area contributed by atoms with Crippen LogP contribution in [0.25, 0.3) is 0 Å². The molecule has 0 aromatic carbocycles. The van der Waals surface area contributed by atoms with Gasteiger partial charge in [0.1, 0.15) is 0 Å². The van der Waals surface area contributed by atoms with Gasteiger partial charge in [-0.25, -0.2) is 0 Å². The third-order valence-corrected chi connectivity index (χ3v) is 0.659. The number of hydrogen-bond donors (Lipinski definition) is 0. The molecule has 0 saturated carbocycles. The molecule has 1 aromatic rings. The number of methoxy groups -OCH3 is 1. The molecule has 0 bridgehead atoms. The SMILES string of the molecule is COC.O=Cc1ccco1. The van der Waals surface area contributed by atoms with E-state index in [1.807, 2.05) is 0 Å². The molecule has 0 spiro atoms. The van der Waals surface area contributed by atoms with Crippen molar-refractivity contribution in [1.82, 2.24) is 0 Å². The molecule has 0 aliphatic carbocycles. The maximum absolute atomic E-state index is 9.77. The highest BCUT2D eigenvalue weighted by molar-refractivity contribution is 5.69. The number of carbonyl (C=O) groups excluding carboxylic acids is 1. The van der Waals surface area contributed by atoms with Gasteiger partial charge in [-0.1, -0.05) is 0 Å². The molecular formula is C7H10O3. The quantitative estimate of drug-likeness (QED) is 0.555. The van der Waals surface area contributed by atoms with Gasteiger partial charge in [-0.2, -0.15) is 0 Å². The lowest BCUT2D eigenvalue weighted by molar-refractivity contribution is 0.110. The van der Waals surface area contributed by atoms with Crippen molar-refractivity contribution in [1.29, 1.82) is 0 Å². The first-order valence-electron chi connectivity index (χ1n) is 2.74. The highest BCUT2D eigenvalue weighted by Gasteiger charge is 1.84. The molecule has 0 aliphatic heterocycles. The number of furan rings is 1. The van der Waals surface area contributed by atoms with Crippen LogP contribution in [0.2, 0.25) is 0 Å². The fourth-order valence-corrected chi connectivity index (χ4v) is 0.358. The summed E-state index contributed by atoms with van der Waals surface area (Å²) in [4.78, 5) is 9.77. The largest absolute Gasteiger partial charge is 0.462 e. The van der Waals surface area contributed by atoms with Crippen molar-refractivity contribution < 1.29 is 13.9 Å². The molecule has 0 fully saturated rings. The predicted molar refractivity (Wildman–Crippen MR) is 37.0 cm³/mol. The smallest absolute Gasteiger partial charge is 0.185 e. The molecule has 1 rings (SSSR count). The maximum atomic E-state index is 9.77. The molecule has 1 heterocycles. The highest BCUT2D eigenvalue weighted by Crippen LogP contribution is 1.92. The lowest BCUT2D eigenvalue weighted by Crippen LogP contribution is -1.65. The Labute approximate surface area is 59.6 Å². The molecule has 0 saturated heterocycles. The van der Waals surface area contributed by atoms with Gasteiger partial charge in [0.2, 0.25) is 0 Å². The molecule has 0 amide bonds. The molecule has 0 aliphatic rings. The molecule has 1 aromatic heterocycles. The van der Waals surface area contributed by atoms with Crippen molar-refractivity contribution in [3.05, 3.63) is 24.2 Å². The van der Waals surface area contributed by atoms with Crippen molar-refractivity contribution in [3.63, 3.8) is 0 Å². The van der Waals surface area contributed by atoms with E-state index in [1.54, 1.807) is 26.4 Å². The lowest BCUT2D eigenvalue weighted by Gasteiger charge is -1.68. The van der Waals surface area contributed by atoms with Crippen LogP contribution in [0.15, 0.2) is 22.8 Å². The van der Waals surface area contributed by atoms with Crippen LogP contribution in [0, 0.1) is 0 Å². The fraction of sp³-hybridized carbons (Fsp3) is 0.286. The Bertz CT molecular complexity index is 155. The van der Waals surface area contributed by atoms with Gasteiger partial charge in [0.25, 0.3) is 0 Å². The number of rotatable bonds is 1. The normalized spacial score (nSPS) is 7.80. The predicted octanol–water partition coefficient (Wildman–Crippen LogP) is 1.35. The van der Waals surface area contributed by atoms with Crippen LogP contribution in [0.3, 0.4) is 0 Å².